The van der Waals surface area contributed by atoms with E-state index in [1.807, 2.05) is 24.3 Å². The third-order valence-corrected chi connectivity index (χ3v) is 3.13. The summed E-state index contributed by atoms with van der Waals surface area (Å²) in [5.74, 6) is 1.51. The summed E-state index contributed by atoms with van der Waals surface area (Å²) in [7, 11) is 1.64. The van der Waals surface area contributed by atoms with Gasteiger partial charge in [0.15, 0.2) is 11.5 Å². The molecule has 1 fully saturated rings. The highest BCUT2D eigenvalue weighted by Gasteiger charge is 2.18. The van der Waals surface area contributed by atoms with Crippen LogP contribution in [0.15, 0.2) is 24.3 Å². The summed E-state index contributed by atoms with van der Waals surface area (Å²) >= 11 is 0. The second-order valence-electron chi connectivity index (χ2n) is 4.40. The first-order chi connectivity index (χ1) is 8.83. The molecule has 0 heterocycles. The Morgan fingerprint density at radius 1 is 1.28 bits per heavy atom. The third kappa shape index (κ3) is 3.04. The predicted molar refractivity (Wildman–Crippen MR) is 70.5 cm³/mol. The van der Waals surface area contributed by atoms with Gasteiger partial charge in [-0.15, -0.1) is 0 Å². The van der Waals surface area contributed by atoms with Crippen LogP contribution in [0.2, 0.25) is 0 Å². The van der Waals surface area contributed by atoms with Gasteiger partial charge in [0.2, 0.25) is 0 Å². The molecule has 0 spiro atoms. The van der Waals surface area contributed by atoms with Gasteiger partial charge in [-0.3, -0.25) is 0 Å². The zero-order chi connectivity index (χ0) is 12.8. The molecular formula is C15H17NO2. The van der Waals surface area contributed by atoms with Crippen molar-refractivity contribution in [2.24, 2.45) is 0 Å². The van der Waals surface area contributed by atoms with Crippen LogP contribution in [0.5, 0.6) is 11.5 Å². The fourth-order valence-corrected chi connectivity index (χ4v) is 2.21. The highest BCUT2D eigenvalue weighted by molar-refractivity contribution is 5.57. The summed E-state index contributed by atoms with van der Waals surface area (Å²) in [4.78, 5) is 0. The van der Waals surface area contributed by atoms with Gasteiger partial charge in [-0.25, -0.2) is 0 Å². The van der Waals surface area contributed by atoms with Crippen molar-refractivity contribution in [3.63, 3.8) is 0 Å². The largest absolute Gasteiger partial charge is 0.493 e. The van der Waals surface area contributed by atoms with E-state index in [0.717, 1.165) is 29.9 Å². The Hall–Kier alpha value is -1.95. The Labute approximate surface area is 108 Å². The summed E-state index contributed by atoms with van der Waals surface area (Å²) in [6, 6.07) is 7.69. The van der Waals surface area contributed by atoms with E-state index in [1.54, 1.807) is 13.2 Å². The van der Waals surface area contributed by atoms with Crippen molar-refractivity contribution in [3.8, 4) is 17.6 Å². The second kappa shape index (κ2) is 6.11. The highest BCUT2D eigenvalue weighted by atomic mass is 16.5. The molecule has 1 aromatic rings. The molecule has 0 bridgehead atoms. The molecule has 1 saturated carbocycles. The molecule has 18 heavy (non-hydrogen) atoms. The van der Waals surface area contributed by atoms with Gasteiger partial charge in [-0.1, -0.05) is 6.07 Å². The van der Waals surface area contributed by atoms with Gasteiger partial charge in [-0.05, 0) is 49.5 Å². The lowest BCUT2D eigenvalue weighted by Gasteiger charge is -2.16. The molecule has 0 atom stereocenters. The van der Waals surface area contributed by atoms with Crippen molar-refractivity contribution >= 4 is 6.08 Å². The number of methoxy groups -OCH3 is 1. The van der Waals surface area contributed by atoms with Crippen LogP contribution in [0.25, 0.3) is 6.08 Å². The Balaban J connectivity index is 2.19. The number of allylic oxidation sites excluding steroid dienone is 1. The fourth-order valence-electron chi connectivity index (χ4n) is 2.21. The zero-order valence-corrected chi connectivity index (χ0v) is 10.6. The Morgan fingerprint density at radius 2 is 2.06 bits per heavy atom. The lowest BCUT2D eigenvalue weighted by atomic mass is 10.2. The minimum absolute atomic E-state index is 0.300. The number of ether oxygens (including phenoxy) is 2. The molecule has 2 rings (SSSR count). The normalized spacial score (nSPS) is 15.8. The number of nitrogens with zero attached hydrogens (tertiary/aromatic N) is 1. The van der Waals surface area contributed by atoms with Crippen LogP contribution in [-0.4, -0.2) is 13.2 Å². The molecule has 0 aliphatic heterocycles. The number of benzene rings is 1. The maximum Gasteiger partial charge on any atom is 0.162 e. The molecule has 0 aromatic heterocycles. The van der Waals surface area contributed by atoms with Crippen LogP contribution in [0.3, 0.4) is 0 Å². The summed E-state index contributed by atoms with van der Waals surface area (Å²) in [6.45, 7) is 0. The monoisotopic (exact) mass is 243 g/mol. The molecular weight excluding hydrogens is 226 g/mol. The molecule has 94 valence electrons. The van der Waals surface area contributed by atoms with Crippen molar-refractivity contribution < 1.29 is 9.47 Å². The van der Waals surface area contributed by atoms with Gasteiger partial charge >= 0.3 is 0 Å². The van der Waals surface area contributed by atoms with Crippen LogP contribution < -0.4 is 9.47 Å². The van der Waals surface area contributed by atoms with E-state index in [2.05, 4.69) is 0 Å². The summed E-state index contributed by atoms with van der Waals surface area (Å²) in [5, 5.41) is 8.53. The van der Waals surface area contributed by atoms with Crippen LogP contribution in [0, 0.1) is 11.3 Å². The number of rotatable bonds is 4. The molecule has 1 aliphatic rings. The van der Waals surface area contributed by atoms with Gasteiger partial charge in [0.05, 0.1) is 19.3 Å². The SMILES string of the molecule is COc1ccc(C=CC#N)cc1OC1CCCC1. The maximum absolute atomic E-state index is 8.53. The first kappa shape index (κ1) is 12.5. The van der Waals surface area contributed by atoms with Crippen LogP contribution in [0.4, 0.5) is 0 Å². The van der Waals surface area contributed by atoms with E-state index in [9.17, 15) is 0 Å². The second-order valence-corrected chi connectivity index (χ2v) is 4.40. The minimum atomic E-state index is 0.300. The van der Waals surface area contributed by atoms with Crippen molar-refractivity contribution in [1.82, 2.24) is 0 Å². The standard InChI is InChI=1S/C15H17NO2/c1-17-14-9-8-12(5-4-10-16)11-15(14)18-13-6-2-3-7-13/h4-5,8-9,11,13H,2-3,6-7H2,1H3. The molecule has 3 nitrogen and oxygen atoms in total. The predicted octanol–water partition coefficient (Wildman–Crippen LogP) is 3.55. The van der Waals surface area contributed by atoms with Gasteiger partial charge in [0.1, 0.15) is 0 Å². The minimum Gasteiger partial charge on any atom is -0.493 e. The lowest BCUT2D eigenvalue weighted by Crippen LogP contribution is -2.11. The van der Waals surface area contributed by atoms with Gasteiger partial charge in [0.25, 0.3) is 0 Å². The van der Waals surface area contributed by atoms with Crippen LogP contribution in [0.1, 0.15) is 31.2 Å². The molecule has 0 saturated heterocycles. The van der Waals surface area contributed by atoms with E-state index in [0.29, 0.717) is 6.10 Å². The first-order valence-corrected chi connectivity index (χ1v) is 6.24. The topological polar surface area (TPSA) is 42.2 Å². The van der Waals surface area contributed by atoms with Gasteiger partial charge in [-0.2, -0.15) is 5.26 Å². The average molecular weight is 243 g/mol. The average Bonchev–Trinajstić information content (AvgIpc) is 2.89. The third-order valence-electron chi connectivity index (χ3n) is 3.13. The first-order valence-electron chi connectivity index (χ1n) is 6.24. The van der Waals surface area contributed by atoms with Crippen molar-refractivity contribution in [2.45, 2.75) is 31.8 Å². The van der Waals surface area contributed by atoms with Crippen LogP contribution in [-0.2, 0) is 0 Å². The van der Waals surface area contributed by atoms with E-state index in [1.165, 1.54) is 18.9 Å². The molecule has 0 N–H and O–H groups in total. The Bertz CT molecular complexity index is 468. The van der Waals surface area contributed by atoms with Crippen molar-refractivity contribution in [3.05, 3.63) is 29.8 Å². The van der Waals surface area contributed by atoms with E-state index >= 15 is 0 Å². The number of hydrogen-bond acceptors (Lipinski definition) is 3. The molecule has 0 radical (unpaired) electrons. The molecule has 0 amide bonds. The van der Waals surface area contributed by atoms with Gasteiger partial charge < -0.3 is 9.47 Å². The summed E-state index contributed by atoms with van der Waals surface area (Å²) in [6.07, 6.45) is 8.22. The lowest BCUT2D eigenvalue weighted by molar-refractivity contribution is 0.201. The fraction of sp³-hybridized carbons (Fsp3) is 0.400. The smallest absolute Gasteiger partial charge is 0.162 e. The summed E-state index contributed by atoms with van der Waals surface area (Å²) in [5.41, 5.74) is 0.949. The van der Waals surface area contributed by atoms with Crippen LogP contribution >= 0.6 is 0 Å². The van der Waals surface area contributed by atoms with E-state index in [-0.39, 0.29) is 0 Å². The molecule has 1 aliphatic carbocycles. The van der Waals surface area contributed by atoms with Crippen molar-refractivity contribution in [2.75, 3.05) is 7.11 Å². The molecule has 0 unspecified atom stereocenters. The van der Waals surface area contributed by atoms with E-state index < -0.39 is 0 Å². The maximum atomic E-state index is 8.53. The number of hydrogen-bond donors (Lipinski definition) is 0. The van der Waals surface area contributed by atoms with Gasteiger partial charge in [0, 0.05) is 6.08 Å². The van der Waals surface area contributed by atoms with E-state index in [4.69, 9.17) is 14.7 Å². The highest BCUT2D eigenvalue weighted by Crippen LogP contribution is 2.32. The quantitative estimate of drug-likeness (QED) is 0.759. The zero-order valence-electron chi connectivity index (χ0n) is 10.6. The summed E-state index contributed by atoms with van der Waals surface area (Å²) < 4.78 is 11.3. The Morgan fingerprint density at radius 3 is 2.72 bits per heavy atom. The molecule has 3 heteroatoms. The number of nitriles is 1. The van der Waals surface area contributed by atoms with Crippen molar-refractivity contribution in [1.29, 1.82) is 5.26 Å². The molecule has 1 aromatic carbocycles. The Kier molecular flexibility index (Phi) is 4.25.